The molecule has 100 valence electrons. The van der Waals surface area contributed by atoms with Crippen molar-refractivity contribution in [3.8, 4) is 5.75 Å². The second-order valence-corrected chi connectivity index (χ2v) is 5.23. The molecule has 0 unspecified atom stereocenters. The SMILES string of the molecule is CCCOc1ccc(C(=O)C(CC)CC)cc1Br. The van der Waals surface area contributed by atoms with Crippen molar-refractivity contribution < 1.29 is 9.53 Å². The third kappa shape index (κ3) is 3.84. The fourth-order valence-corrected chi connectivity index (χ4v) is 2.37. The highest BCUT2D eigenvalue weighted by molar-refractivity contribution is 9.10. The fraction of sp³-hybridized carbons (Fsp3) is 0.533. The molecular weight excluding hydrogens is 292 g/mol. The van der Waals surface area contributed by atoms with Gasteiger partial charge in [-0.2, -0.15) is 0 Å². The van der Waals surface area contributed by atoms with Gasteiger partial charge in [-0.05, 0) is 53.4 Å². The quantitative estimate of drug-likeness (QED) is 0.672. The highest BCUT2D eigenvalue weighted by Crippen LogP contribution is 2.28. The molecule has 0 amide bonds. The summed E-state index contributed by atoms with van der Waals surface area (Å²) >= 11 is 3.46. The average Bonchev–Trinajstić information content (AvgIpc) is 2.38. The maximum absolute atomic E-state index is 12.2. The molecule has 18 heavy (non-hydrogen) atoms. The first-order chi connectivity index (χ1) is 8.63. The smallest absolute Gasteiger partial charge is 0.165 e. The molecule has 1 aromatic rings. The maximum Gasteiger partial charge on any atom is 0.165 e. The van der Waals surface area contributed by atoms with E-state index >= 15 is 0 Å². The number of halogens is 1. The largest absolute Gasteiger partial charge is 0.492 e. The molecule has 0 heterocycles. The molecule has 0 aliphatic heterocycles. The van der Waals surface area contributed by atoms with E-state index in [-0.39, 0.29) is 11.7 Å². The van der Waals surface area contributed by atoms with Crippen molar-refractivity contribution >= 4 is 21.7 Å². The first-order valence-corrected chi connectivity index (χ1v) is 7.39. The fourth-order valence-electron chi connectivity index (χ4n) is 1.88. The number of carbonyl (C=O) groups is 1. The molecule has 0 saturated heterocycles. The van der Waals surface area contributed by atoms with Gasteiger partial charge in [-0.3, -0.25) is 4.79 Å². The van der Waals surface area contributed by atoms with Crippen LogP contribution in [0.1, 0.15) is 50.4 Å². The number of hydrogen-bond acceptors (Lipinski definition) is 2. The van der Waals surface area contributed by atoms with Crippen LogP contribution in [0.4, 0.5) is 0 Å². The van der Waals surface area contributed by atoms with Gasteiger partial charge in [0.05, 0.1) is 11.1 Å². The first kappa shape index (κ1) is 15.2. The summed E-state index contributed by atoms with van der Waals surface area (Å²) in [6.45, 7) is 6.87. The Morgan fingerprint density at radius 3 is 2.44 bits per heavy atom. The number of carbonyl (C=O) groups excluding carboxylic acids is 1. The Labute approximate surface area is 118 Å². The Balaban J connectivity index is 2.86. The van der Waals surface area contributed by atoms with E-state index in [0.717, 1.165) is 35.0 Å². The van der Waals surface area contributed by atoms with Crippen molar-refractivity contribution in [2.45, 2.75) is 40.0 Å². The minimum atomic E-state index is 0.124. The maximum atomic E-state index is 12.2. The van der Waals surface area contributed by atoms with Crippen molar-refractivity contribution in [1.82, 2.24) is 0 Å². The van der Waals surface area contributed by atoms with E-state index in [1.165, 1.54) is 0 Å². The zero-order valence-electron chi connectivity index (χ0n) is 11.3. The third-order valence-corrected chi connectivity index (χ3v) is 3.65. The highest BCUT2D eigenvalue weighted by atomic mass is 79.9. The second-order valence-electron chi connectivity index (χ2n) is 4.37. The standard InChI is InChI=1S/C15H21BrO2/c1-4-9-18-14-8-7-12(10-13(14)16)15(17)11(5-2)6-3/h7-8,10-11H,4-6,9H2,1-3H3. The Morgan fingerprint density at radius 1 is 1.28 bits per heavy atom. The van der Waals surface area contributed by atoms with Gasteiger partial charge in [-0.25, -0.2) is 0 Å². The number of Topliss-reactive ketones (excluding diaryl/α,β-unsaturated/α-hetero) is 1. The zero-order valence-corrected chi connectivity index (χ0v) is 12.9. The topological polar surface area (TPSA) is 26.3 Å². The Morgan fingerprint density at radius 2 is 1.94 bits per heavy atom. The predicted molar refractivity (Wildman–Crippen MR) is 78.3 cm³/mol. The van der Waals surface area contributed by atoms with Gasteiger partial charge in [-0.15, -0.1) is 0 Å². The average molecular weight is 313 g/mol. The van der Waals surface area contributed by atoms with Crippen molar-refractivity contribution in [3.05, 3.63) is 28.2 Å². The summed E-state index contributed by atoms with van der Waals surface area (Å²) in [6, 6.07) is 5.59. The molecule has 3 heteroatoms. The monoisotopic (exact) mass is 312 g/mol. The predicted octanol–water partition coefficient (Wildman–Crippen LogP) is 4.86. The molecule has 1 aromatic carbocycles. The summed E-state index contributed by atoms with van der Waals surface area (Å²) in [5.41, 5.74) is 0.763. The molecular formula is C15H21BrO2. The van der Waals surface area contributed by atoms with E-state index in [1.54, 1.807) is 0 Å². The number of benzene rings is 1. The molecule has 0 saturated carbocycles. The third-order valence-electron chi connectivity index (χ3n) is 3.03. The van der Waals surface area contributed by atoms with E-state index < -0.39 is 0 Å². The van der Waals surface area contributed by atoms with Crippen LogP contribution in [0.25, 0.3) is 0 Å². The van der Waals surface area contributed by atoms with Crippen LogP contribution in [0, 0.1) is 5.92 Å². The van der Waals surface area contributed by atoms with Crippen LogP contribution in [0.3, 0.4) is 0 Å². The lowest BCUT2D eigenvalue weighted by Crippen LogP contribution is -2.13. The molecule has 0 bridgehead atoms. The molecule has 2 nitrogen and oxygen atoms in total. The van der Waals surface area contributed by atoms with Gasteiger partial charge in [0.1, 0.15) is 5.75 Å². The first-order valence-electron chi connectivity index (χ1n) is 6.60. The van der Waals surface area contributed by atoms with Crippen molar-refractivity contribution in [3.63, 3.8) is 0 Å². The minimum absolute atomic E-state index is 0.124. The van der Waals surface area contributed by atoms with Crippen molar-refractivity contribution in [2.24, 2.45) is 5.92 Å². The van der Waals surface area contributed by atoms with Gasteiger partial charge < -0.3 is 4.74 Å². The zero-order chi connectivity index (χ0) is 13.5. The lowest BCUT2D eigenvalue weighted by molar-refractivity contribution is 0.0913. The van der Waals surface area contributed by atoms with Crippen LogP contribution < -0.4 is 4.74 Å². The van der Waals surface area contributed by atoms with Crippen molar-refractivity contribution in [1.29, 1.82) is 0 Å². The molecule has 0 atom stereocenters. The highest BCUT2D eigenvalue weighted by Gasteiger charge is 2.17. The van der Waals surface area contributed by atoms with Gasteiger partial charge in [0, 0.05) is 11.5 Å². The van der Waals surface area contributed by atoms with Crippen LogP contribution >= 0.6 is 15.9 Å². The lowest BCUT2D eigenvalue weighted by Gasteiger charge is -2.13. The molecule has 1 rings (SSSR count). The van der Waals surface area contributed by atoms with Crippen LogP contribution in [0.2, 0.25) is 0 Å². The second kappa shape index (κ2) is 7.57. The summed E-state index contributed by atoms with van der Waals surface area (Å²) in [5.74, 6) is 1.15. The molecule has 0 radical (unpaired) electrons. The van der Waals surface area contributed by atoms with E-state index in [9.17, 15) is 4.79 Å². The van der Waals surface area contributed by atoms with E-state index in [4.69, 9.17) is 4.74 Å². The van der Waals surface area contributed by atoms with Gasteiger partial charge in [0.25, 0.3) is 0 Å². The Kier molecular flexibility index (Phi) is 6.41. The number of rotatable bonds is 7. The van der Waals surface area contributed by atoms with Crippen molar-refractivity contribution in [2.75, 3.05) is 6.61 Å². The van der Waals surface area contributed by atoms with Gasteiger partial charge >= 0.3 is 0 Å². The van der Waals surface area contributed by atoms with Gasteiger partial charge in [0.15, 0.2) is 5.78 Å². The van der Waals surface area contributed by atoms with Crippen LogP contribution in [0.5, 0.6) is 5.75 Å². The summed E-state index contributed by atoms with van der Waals surface area (Å²) < 4.78 is 6.43. The van der Waals surface area contributed by atoms with Gasteiger partial charge in [-0.1, -0.05) is 20.8 Å². The molecule has 0 aromatic heterocycles. The summed E-state index contributed by atoms with van der Waals surface area (Å²) in [4.78, 5) is 12.2. The molecule has 0 spiro atoms. The van der Waals surface area contributed by atoms with E-state index in [0.29, 0.717) is 6.61 Å². The molecule has 0 aliphatic carbocycles. The summed E-state index contributed by atoms with van der Waals surface area (Å²) in [6.07, 6.45) is 2.75. The summed E-state index contributed by atoms with van der Waals surface area (Å²) in [5, 5.41) is 0. The number of hydrogen-bond donors (Lipinski definition) is 0. The Hall–Kier alpha value is -0.830. The molecule has 0 fully saturated rings. The number of ketones is 1. The van der Waals surface area contributed by atoms with Crippen LogP contribution in [-0.2, 0) is 0 Å². The lowest BCUT2D eigenvalue weighted by atomic mass is 9.93. The molecule has 0 N–H and O–H groups in total. The Bertz CT molecular complexity index is 397. The summed E-state index contributed by atoms with van der Waals surface area (Å²) in [7, 11) is 0. The van der Waals surface area contributed by atoms with Gasteiger partial charge in [0.2, 0.25) is 0 Å². The van der Waals surface area contributed by atoms with E-state index in [2.05, 4.69) is 36.7 Å². The number of ether oxygens (including phenoxy) is 1. The van der Waals surface area contributed by atoms with Crippen LogP contribution in [0.15, 0.2) is 22.7 Å². The van der Waals surface area contributed by atoms with Crippen LogP contribution in [-0.4, -0.2) is 12.4 Å². The van der Waals surface area contributed by atoms with E-state index in [1.807, 2.05) is 18.2 Å². The molecule has 0 aliphatic rings. The minimum Gasteiger partial charge on any atom is -0.492 e. The normalized spacial score (nSPS) is 10.7.